The molecule has 1 rings (SSSR count). The van der Waals surface area contributed by atoms with Gasteiger partial charge in [-0.3, -0.25) is 4.79 Å². The smallest absolute Gasteiger partial charge is 0.175 e. The number of ether oxygens (including phenoxy) is 2. The fraction of sp³-hybridized carbons (Fsp3) is 0.364. The van der Waals surface area contributed by atoms with Gasteiger partial charge in [-0.1, -0.05) is 6.92 Å². The van der Waals surface area contributed by atoms with Gasteiger partial charge in [-0.05, 0) is 34.5 Å². The van der Waals surface area contributed by atoms with Crippen LogP contribution in [0.15, 0.2) is 16.6 Å². The summed E-state index contributed by atoms with van der Waals surface area (Å²) >= 11 is 3.35. The van der Waals surface area contributed by atoms with E-state index >= 15 is 0 Å². The van der Waals surface area contributed by atoms with E-state index in [4.69, 9.17) is 9.47 Å². The number of carbonyl (C=O) groups excluding carboxylic acids is 1. The van der Waals surface area contributed by atoms with E-state index in [1.54, 1.807) is 19.2 Å². The van der Waals surface area contributed by atoms with Crippen molar-refractivity contribution in [3.8, 4) is 11.5 Å². The zero-order valence-corrected chi connectivity index (χ0v) is 10.3. The van der Waals surface area contributed by atoms with Gasteiger partial charge < -0.3 is 9.47 Å². The van der Waals surface area contributed by atoms with E-state index in [1.165, 1.54) is 0 Å². The van der Waals surface area contributed by atoms with Crippen molar-refractivity contribution in [3.05, 3.63) is 22.2 Å². The molecule has 0 aliphatic carbocycles. The molecule has 0 aliphatic heterocycles. The molecule has 0 aromatic heterocycles. The highest BCUT2D eigenvalue weighted by Gasteiger charge is 2.10. The molecule has 15 heavy (non-hydrogen) atoms. The lowest BCUT2D eigenvalue weighted by molar-refractivity contribution is 0.112. The molecule has 0 radical (unpaired) electrons. The van der Waals surface area contributed by atoms with Crippen LogP contribution in [-0.4, -0.2) is 20.0 Å². The fourth-order valence-electron chi connectivity index (χ4n) is 1.15. The van der Waals surface area contributed by atoms with Gasteiger partial charge in [0.15, 0.2) is 11.5 Å². The lowest BCUT2D eigenvalue weighted by atomic mass is 10.2. The fourth-order valence-corrected chi connectivity index (χ4v) is 1.73. The molecule has 0 atom stereocenters. The SMILES string of the molecule is CCCOc1c(Br)cc(C=O)cc1OC. The predicted octanol–water partition coefficient (Wildman–Crippen LogP) is 3.06. The number of hydrogen-bond donors (Lipinski definition) is 0. The van der Waals surface area contributed by atoms with Crippen LogP contribution < -0.4 is 9.47 Å². The van der Waals surface area contributed by atoms with Crippen molar-refractivity contribution in [2.75, 3.05) is 13.7 Å². The van der Waals surface area contributed by atoms with Crippen molar-refractivity contribution >= 4 is 22.2 Å². The Balaban J connectivity index is 3.06. The molecule has 1 aromatic carbocycles. The number of carbonyl (C=O) groups is 1. The number of halogens is 1. The molecule has 0 saturated carbocycles. The van der Waals surface area contributed by atoms with Crippen LogP contribution in [0.5, 0.6) is 11.5 Å². The molecule has 82 valence electrons. The maximum absolute atomic E-state index is 10.6. The molecule has 0 aliphatic rings. The van der Waals surface area contributed by atoms with Crippen molar-refractivity contribution in [2.45, 2.75) is 13.3 Å². The van der Waals surface area contributed by atoms with Crippen molar-refractivity contribution in [2.24, 2.45) is 0 Å². The lowest BCUT2D eigenvalue weighted by Crippen LogP contribution is -1.99. The summed E-state index contributed by atoms with van der Waals surface area (Å²) in [4.78, 5) is 10.6. The second-order valence-electron chi connectivity index (χ2n) is 3.00. The van der Waals surface area contributed by atoms with Crippen LogP contribution in [0.25, 0.3) is 0 Å². The average Bonchev–Trinajstić information content (AvgIpc) is 2.26. The summed E-state index contributed by atoms with van der Waals surface area (Å²) < 4.78 is 11.4. The molecular formula is C11H13BrO3. The summed E-state index contributed by atoms with van der Waals surface area (Å²) in [6, 6.07) is 3.36. The Labute approximate surface area is 97.5 Å². The molecule has 3 nitrogen and oxygen atoms in total. The lowest BCUT2D eigenvalue weighted by Gasteiger charge is -2.12. The molecule has 0 saturated heterocycles. The van der Waals surface area contributed by atoms with Gasteiger partial charge in [0.25, 0.3) is 0 Å². The first-order valence-electron chi connectivity index (χ1n) is 4.68. The highest BCUT2D eigenvalue weighted by atomic mass is 79.9. The first-order chi connectivity index (χ1) is 7.22. The Kier molecular flexibility index (Phi) is 4.62. The standard InChI is InChI=1S/C11H13BrO3/c1-3-4-15-11-9(12)5-8(7-13)6-10(11)14-2/h5-7H,3-4H2,1-2H3. The number of benzene rings is 1. The van der Waals surface area contributed by atoms with Crippen molar-refractivity contribution < 1.29 is 14.3 Å². The summed E-state index contributed by atoms with van der Waals surface area (Å²) in [6.07, 6.45) is 1.70. The van der Waals surface area contributed by atoms with Gasteiger partial charge in [0.05, 0.1) is 18.2 Å². The molecule has 1 aromatic rings. The molecule has 0 N–H and O–H groups in total. The van der Waals surface area contributed by atoms with Gasteiger partial charge in [0.2, 0.25) is 0 Å². The minimum atomic E-state index is 0.558. The van der Waals surface area contributed by atoms with E-state index in [9.17, 15) is 4.79 Å². The van der Waals surface area contributed by atoms with Crippen molar-refractivity contribution in [1.82, 2.24) is 0 Å². The summed E-state index contributed by atoms with van der Waals surface area (Å²) in [7, 11) is 1.55. The number of rotatable bonds is 5. The quantitative estimate of drug-likeness (QED) is 0.773. The van der Waals surface area contributed by atoms with E-state index in [1.807, 2.05) is 6.92 Å². The van der Waals surface area contributed by atoms with E-state index < -0.39 is 0 Å². The summed E-state index contributed by atoms with van der Waals surface area (Å²) in [5.74, 6) is 1.21. The van der Waals surface area contributed by atoms with Gasteiger partial charge in [-0.2, -0.15) is 0 Å². The number of hydrogen-bond acceptors (Lipinski definition) is 3. The molecular weight excluding hydrogens is 260 g/mol. The molecule has 4 heteroatoms. The first-order valence-corrected chi connectivity index (χ1v) is 5.47. The largest absolute Gasteiger partial charge is 0.493 e. The maximum Gasteiger partial charge on any atom is 0.175 e. The first kappa shape index (κ1) is 12.0. The molecule has 0 spiro atoms. The molecule has 0 unspecified atom stereocenters. The van der Waals surface area contributed by atoms with Crippen LogP contribution in [0.1, 0.15) is 23.7 Å². The van der Waals surface area contributed by atoms with Gasteiger partial charge in [-0.25, -0.2) is 0 Å². The van der Waals surface area contributed by atoms with Gasteiger partial charge in [0, 0.05) is 5.56 Å². The third kappa shape index (κ3) is 2.96. The van der Waals surface area contributed by atoms with Crippen LogP contribution in [0.3, 0.4) is 0 Å². The molecule has 0 amide bonds. The average molecular weight is 273 g/mol. The topological polar surface area (TPSA) is 35.5 Å². The molecule has 0 heterocycles. The second-order valence-corrected chi connectivity index (χ2v) is 3.85. The van der Waals surface area contributed by atoms with Gasteiger partial charge >= 0.3 is 0 Å². The highest BCUT2D eigenvalue weighted by molar-refractivity contribution is 9.10. The minimum absolute atomic E-state index is 0.558. The summed E-state index contributed by atoms with van der Waals surface area (Å²) in [5, 5.41) is 0. The highest BCUT2D eigenvalue weighted by Crippen LogP contribution is 2.36. The zero-order chi connectivity index (χ0) is 11.3. The molecule has 0 bridgehead atoms. The Bertz CT molecular complexity index is 350. The van der Waals surface area contributed by atoms with E-state index in [0.717, 1.165) is 17.2 Å². The summed E-state index contributed by atoms with van der Waals surface area (Å²) in [6.45, 7) is 2.65. The van der Waals surface area contributed by atoms with Crippen molar-refractivity contribution in [3.63, 3.8) is 0 Å². The number of aldehydes is 1. The van der Waals surface area contributed by atoms with Crippen LogP contribution in [0.2, 0.25) is 0 Å². The van der Waals surface area contributed by atoms with Crippen LogP contribution >= 0.6 is 15.9 Å². The second kappa shape index (κ2) is 5.75. The third-order valence-corrected chi connectivity index (χ3v) is 2.43. The number of methoxy groups -OCH3 is 1. The zero-order valence-electron chi connectivity index (χ0n) is 8.75. The minimum Gasteiger partial charge on any atom is -0.493 e. The Hall–Kier alpha value is -1.03. The predicted molar refractivity (Wildman–Crippen MR) is 61.9 cm³/mol. The van der Waals surface area contributed by atoms with E-state index in [2.05, 4.69) is 15.9 Å². The Morgan fingerprint density at radius 2 is 2.20 bits per heavy atom. The van der Waals surface area contributed by atoms with E-state index in [0.29, 0.717) is 23.7 Å². The van der Waals surface area contributed by atoms with Crippen LogP contribution in [-0.2, 0) is 0 Å². The summed E-state index contributed by atoms with van der Waals surface area (Å²) in [5.41, 5.74) is 0.558. The van der Waals surface area contributed by atoms with Gasteiger partial charge in [-0.15, -0.1) is 0 Å². The van der Waals surface area contributed by atoms with Crippen molar-refractivity contribution in [1.29, 1.82) is 0 Å². The maximum atomic E-state index is 10.6. The third-order valence-electron chi connectivity index (χ3n) is 1.84. The monoisotopic (exact) mass is 272 g/mol. The normalized spacial score (nSPS) is 9.80. The van der Waals surface area contributed by atoms with Crippen LogP contribution in [0.4, 0.5) is 0 Å². The Morgan fingerprint density at radius 3 is 2.73 bits per heavy atom. The van der Waals surface area contributed by atoms with Crippen LogP contribution in [0, 0.1) is 0 Å². The van der Waals surface area contributed by atoms with E-state index in [-0.39, 0.29) is 0 Å². The molecule has 0 fully saturated rings. The van der Waals surface area contributed by atoms with Gasteiger partial charge in [0.1, 0.15) is 6.29 Å². The Morgan fingerprint density at radius 1 is 1.47 bits per heavy atom.